The van der Waals surface area contributed by atoms with Crippen molar-refractivity contribution in [3.63, 3.8) is 0 Å². The van der Waals surface area contributed by atoms with Gasteiger partial charge in [-0.15, -0.1) is 16.4 Å². The molecule has 4 rings (SSSR count). The molecule has 0 fully saturated rings. The molecule has 0 radical (unpaired) electrons. The second kappa shape index (κ2) is 7.88. The van der Waals surface area contributed by atoms with Crippen molar-refractivity contribution in [1.29, 1.82) is 0 Å². The van der Waals surface area contributed by atoms with Crippen LogP contribution in [0.5, 0.6) is 0 Å². The van der Waals surface area contributed by atoms with E-state index < -0.39 is 10.8 Å². The second-order valence-electron chi connectivity index (χ2n) is 5.70. The first-order valence-electron chi connectivity index (χ1n) is 8.20. The summed E-state index contributed by atoms with van der Waals surface area (Å²) in [5.74, 6) is -0.543. The largest absolute Gasteiger partial charge is 0.378 e. The predicted octanol–water partition coefficient (Wildman–Crippen LogP) is 1.63. The van der Waals surface area contributed by atoms with Crippen LogP contribution in [0.1, 0.15) is 16.1 Å². The van der Waals surface area contributed by atoms with Crippen molar-refractivity contribution in [2.75, 3.05) is 5.73 Å². The van der Waals surface area contributed by atoms with Crippen LogP contribution in [0.2, 0.25) is 0 Å². The molecular weight excluding hydrogens is 414 g/mol. The van der Waals surface area contributed by atoms with Gasteiger partial charge >= 0.3 is 0 Å². The van der Waals surface area contributed by atoms with E-state index in [9.17, 15) is 14.9 Å². The van der Waals surface area contributed by atoms with Gasteiger partial charge in [0, 0.05) is 12.1 Å². The number of nitrogens with two attached hydrogens (primary N) is 1. The lowest BCUT2D eigenvalue weighted by molar-refractivity contribution is -0.384. The normalized spacial score (nSPS) is 11.1. The van der Waals surface area contributed by atoms with Crippen LogP contribution in [0.4, 0.5) is 11.5 Å². The number of hydrogen-bond donors (Lipinski definition) is 2. The quantitative estimate of drug-likeness (QED) is 0.263. The molecule has 1 amide bonds. The Morgan fingerprint density at radius 2 is 2.10 bits per heavy atom. The van der Waals surface area contributed by atoms with E-state index in [1.807, 2.05) is 5.38 Å². The number of nitrogens with one attached hydrogen (secondary N) is 1. The minimum atomic E-state index is -0.627. The number of rotatable bonds is 6. The molecule has 3 aromatic heterocycles. The number of nitro groups is 1. The maximum absolute atomic E-state index is 12.6. The highest BCUT2D eigenvalue weighted by molar-refractivity contribution is 7.13. The lowest BCUT2D eigenvalue weighted by Gasteiger charge is -2.03. The Morgan fingerprint density at radius 1 is 1.30 bits per heavy atom. The van der Waals surface area contributed by atoms with Crippen molar-refractivity contribution in [2.45, 2.75) is 0 Å². The molecule has 3 N–H and O–H groups in total. The standard InChI is InChI=1S/C16H11N9O4S/c17-14-15(22-29-21-14)24-13(11-2-1-7-30-11)12(19-23-24)16(26)20-18-8-9-3-5-10(6-4-9)25(27)28/h1-8H,(H2,17,21)(H,20,26). The fourth-order valence-electron chi connectivity index (χ4n) is 2.46. The van der Waals surface area contributed by atoms with E-state index in [0.717, 1.165) is 0 Å². The number of hydrazone groups is 1. The molecular formula is C16H11N9O4S. The fraction of sp³-hybridized carbons (Fsp3) is 0. The van der Waals surface area contributed by atoms with Crippen LogP contribution in [0.25, 0.3) is 16.4 Å². The summed E-state index contributed by atoms with van der Waals surface area (Å²) in [6.45, 7) is 0. The zero-order valence-corrected chi connectivity index (χ0v) is 15.7. The topological polar surface area (TPSA) is 180 Å². The van der Waals surface area contributed by atoms with Gasteiger partial charge in [-0.2, -0.15) is 9.78 Å². The molecule has 30 heavy (non-hydrogen) atoms. The molecule has 0 saturated heterocycles. The number of thiophene rings is 1. The molecule has 13 nitrogen and oxygen atoms in total. The highest BCUT2D eigenvalue weighted by Crippen LogP contribution is 2.29. The first kappa shape index (κ1) is 18.9. The zero-order valence-electron chi connectivity index (χ0n) is 14.9. The molecule has 14 heteroatoms. The van der Waals surface area contributed by atoms with Gasteiger partial charge in [0.1, 0.15) is 5.69 Å². The number of nitrogens with zero attached hydrogens (tertiary/aromatic N) is 7. The molecule has 0 bridgehead atoms. The molecule has 0 spiro atoms. The Morgan fingerprint density at radius 3 is 2.73 bits per heavy atom. The highest BCUT2D eigenvalue weighted by atomic mass is 32.1. The SMILES string of the molecule is Nc1nonc1-n1nnc(C(=O)NN=Cc2ccc([N+](=O)[O-])cc2)c1-c1cccs1. The summed E-state index contributed by atoms with van der Waals surface area (Å²) in [5.41, 5.74) is 8.93. The Balaban J connectivity index is 1.59. The van der Waals surface area contributed by atoms with Crippen molar-refractivity contribution < 1.29 is 14.3 Å². The predicted molar refractivity (Wildman–Crippen MR) is 105 cm³/mol. The first-order chi connectivity index (χ1) is 14.5. The van der Waals surface area contributed by atoms with E-state index in [0.29, 0.717) is 16.1 Å². The molecule has 0 saturated carbocycles. The Kier molecular flexibility index (Phi) is 4.96. The third-order valence-electron chi connectivity index (χ3n) is 3.82. The molecule has 150 valence electrons. The van der Waals surface area contributed by atoms with Crippen LogP contribution < -0.4 is 11.2 Å². The van der Waals surface area contributed by atoms with Crippen molar-refractivity contribution in [3.8, 4) is 16.4 Å². The monoisotopic (exact) mass is 425 g/mol. The van der Waals surface area contributed by atoms with E-state index in [1.165, 1.54) is 46.5 Å². The molecule has 0 atom stereocenters. The first-order valence-corrected chi connectivity index (χ1v) is 9.08. The number of amides is 1. The zero-order chi connectivity index (χ0) is 21.1. The molecule has 0 aliphatic rings. The number of anilines is 1. The van der Waals surface area contributed by atoms with Crippen molar-refractivity contribution in [1.82, 2.24) is 30.7 Å². The van der Waals surface area contributed by atoms with Gasteiger partial charge in [-0.25, -0.2) is 10.1 Å². The van der Waals surface area contributed by atoms with E-state index in [4.69, 9.17) is 5.73 Å². The van der Waals surface area contributed by atoms with Gasteiger partial charge in [0.15, 0.2) is 5.69 Å². The number of hydrogen-bond acceptors (Lipinski definition) is 11. The summed E-state index contributed by atoms with van der Waals surface area (Å²) >= 11 is 1.36. The maximum Gasteiger partial charge on any atom is 0.294 e. The summed E-state index contributed by atoms with van der Waals surface area (Å²) in [6.07, 6.45) is 1.34. The minimum Gasteiger partial charge on any atom is -0.378 e. The molecule has 3 heterocycles. The number of nitro benzene ring substituents is 1. The summed E-state index contributed by atoms with van der Waals surface area (Å²) in [6, 6.07) is 9.25. The van der Waals surface area contributed by atoms with Gasteiger partial charge in [-0.1, -0.05) is 11.3 Å². The van der Waals surface area contributed by atoms with Gasteiger partial charge < -0.3 is 5.73 Å². The smallest absolute Gasteiger partial charge is 0.294 e. The lowest BCUT2D eigenvalue weighted by Crippen LogP contribution is -2.19. The average Bonchev–Trinajstić information content (AvgIpc) is 3.48. The molecule has 0 aliphatic heterocycles. The molecule has 0 aliphatic carbocycles. The minimum absolute atomic E-state index is 0.0131. The van der Waals surface area contributed by atoms with Crippen molar-refractivity contribution in [2.24, 2.45) is 5.10 Å². The average molecular weight is 425 g/mol. The van der Waals surface area contributed by atoms with Crippen LogP contribution in [-0.4, -0.2) is 42.4 Å². The summed E-state index contributed by atoms with van der Waals surface area (Å²) in [4.78, 5) is 23.5. The number of carbonyl (C=O) groups is 1. The maximum atomic E-state index is 12.6. The van der Waals surface area contributed by atoms with Crippen LogP contribution >= 0.6 is 11.3 Å². The number of carbonyl (C=O) groups excluding carboxylic acids is 1. The number of non-ortho nitro benzene ring substituents is 1. The van der Waals surface area contributed by atoms with Gasteiger partial charge in [0.05, 0.1) is 16.0 Å². The van der Waals surface area contributed by atoms with E-state index in [2.05, 4.69) is 35.8 Å². The summed E-state index contributed by atoms with van der Waals surface area (Å²) < 4.78 is 5.86. The van der Waals surface area contributed by atoms with E-state index in [-0.39, 0.29) is 23.0 Å². The van der Waals surface area contributed by atoms with Gasteiger partial charge in [0.2, 0.25) is 11.6 Å². The van der Waals surface area contributed by atoms with Crippen LogP contribution in [0.3, 0.4) is 0 Å². The van der Waals surface area contributed by atoms with Crippen LogP contribution in [0.15, 0.2) is 51.5 Å². The molecule has 4 aromatic rings. The van der Waals surface area contributed by atoms with Gasteiger partial charge in [-0.05, 0) is 39.5 Å². The third kappa shape index (κ3) is 3.61. The number of benzene rings is 1. The molecule has 1 aromatic carbocycles. The van der Waals surface area contributed by atoms with E-state index >= 15 is 0 Å². The summed E-state index contributed by atoms with van der Waals surface area (Å²) in [5, 5.41) is 31.4. The number of nitrogen functional groups attached to an aromatic ring is 1. The van der Waals surface area contributed by atoms with Crippen LogP contribution in [-0.2, 0) is 0 Å². The van der Waals surface area contributed by atoms with Crippen molar-refractivity contribution >= 4 is 35.0 Å². The van der Waals surface area contributed by atoms with Crippen LogP contribution in [0, 0.1) is 10.1 Å². The van der Waals surface area contributed by atoms with Gasteiger partial charge in [0.25, 0.3) is 11.6 Å². The third-order valence-corrected chi connectivity index (χ3v) is 4.70. The Labute approximate surface area is 170 Å². The summed E-state index contributed by atoms with van der Waals surface area (Å²) in [7, 11) is 0. The number of aromatic nitrogens is 5. The van der Waals surface area contributed by atoms with Crippen molar-refractivity contribution in [3.05, 3.63) is 63.1 Å². The van der Waals surface area contributed by atoms with Gasteiger partial charge in [-0.3, -0.25) is 14.9 Å². The second-order valence-corrected chi connectivity index (χ2v) is 6.64. The Hall–Kier alpha value is -4.46. The molecule has 0 unspecified atom stereocenters. The fourth-order valence-corrected chi connectivity index (χ4v) is 3.21. The lowest BCUT2D eigenvalue weighted by atomic mass is 10.2. The Bertz CT molecular complexity index is 1230. The highest BCUT2D eigenvalue weighted by Gasteiger charge is 2.25. The van der Waals surface area contributed by atoms with E-state index in [1.54, 1.807) is 12.1 Å².